The van der Waals surface area contributed by atoms with Crippen LogP contribution in [0.3, 0.4) is 0 Å². The third-order valence-corrected chi connectivity index (χ3v) is 8.40. The molecule has 3 unspecified atom stereocenters. The Hall–Kier alpha value is -1.43. The summed E-state index contributed by atoms with van der Waals surface area (Å²) in [6.07, 6.45) is 41.2. The first-order valence-electron chi connectivity index (χ1n) is 18.8. The van der Waals surface area contributed by atoms with E-state index in [1.54, 1.807) is 6.08 Å². The molecule has 0 saturated heterocycles. The molecule has 4 N–H and O–H groups in total. The van der Waals surface area contributed by atoms with Crippen LogP contribution in [-0.2, 0) is 4.79 Å². The normalized spacial score (nSPS) is 14.2. The highest BCUT2D eigenvalue weighted by Crippen LogP contribution is 2.13. The summed E-state index contributed by atoms with van der Waals surface area (Å²) in [5.74, 6) is -0.336. The van der Waals surface area contributed by atoms with Crippen LogP contribution in [0.15, 0.2) is 36.5 Å². The summed E-state index contributed by atoms with van der Waals surface area (Å²) in [5, 5.41) is 33.0. The van der Waals surface area contributed by atoms with E-state index in [9.17, 15) is 20.1 Å². The summed E-state index contributed by atoms with van der Waals surface area (Å²) in [5.41, 5.74) is 0. The van der Waals surface area contributed by atoms with E-state index in [-0.39, 0.29) is 18.9 Å². The van der Waals surface area contributed by atoms with Gasteiger partial charge in [-0.3, -0.25) is 4.79 Å². The first-order chi connectivity index (χ1) is 21.5. The second-order valence-electron chi connectivity index (χ2n) is 12.8. The molecule has 0 spiro atoms. The zero-order valence-electron chi connectivity index (χ0n) is 29.0. The molecule has 3 atom stereocenters. The number of amides is 1. The number of carbonyl (C=O) groups excluding carboxylic acids is 1. The van der Waals surface area contributed by atoms with Gasteiger partial charge in [0.1, 0.15) is 0 Å². The SMILES string of the molecule is CCCCCCCCC/C=C\CCCCCC(O)CC(=O)NC(CO)C(O)/C=C/CC/C=C/CCCCCCCCCCC. The second kappa shape index (κ2) is 34.4. The molecule has 0 rings (SSSR count). The van der Waals surface area contributed by atoms with Gasteiger partial charge in [-0.1, -0.05) is 153 Å². The summed E-state index contributed by atoms with van der Waals surface area (Å²) in [6, 6.07) is -0.763. The van der Waals surface area contributed by atoms with Gasteiger partial charge >= 0.3 is 0 Å². The van der Waals surface area contributed by atoms with E-state index in [4.69, 9.17) is 0 Å². The number of nitrogens with one attached hydrogen (secondary N) is 1. The van der Waals surface area contributed by atoms with E-state index in [0.29, 0.717) is 6.42 Å². The van der Waals surface area contributed by atoms with Crippen LogP contribution >= 0.6 is 0 Å². The first kappa shape index (κ1) is 42.6. The van der Waals surface area contributed by atoms with Crippen LogP contribution in [0.1, 0.15) is 181 Å². The van der Waals surface area contributed by atoms with Gasteiger partial charge in [0.2, 0.25) is 5.91 Å². The molecular formula is C39H73NO4. The van der Waals surface area contributed by atoms with Crippen molar-refractivity contribution in [2.24, 2.45) is 0 Å². The summed E-state index contributed by atoms with van der Waals surface area (Å²) in [7, 11) is 0. The molecule has 0 aromatic carbocycles. The summed E-state index contributed by atoms with van der Waals surface area (Å²) in [6.45, 7) is 4.17. The van der Waals surface area contributed by atoms with Crippen LogP contribution in [-0.4, -0.2) is 46.1 Å². The van der Waals surface area contributed by atoms with Crippen LogP contribution in [0, 0.1) is 0 Å². The van der Waals surface area contributed by atoms with Crippen molar-refractivity contribution >= 4 is 5.91 Å². The maximum atomic E-state index is 12.4. The maximum absolute atomic E-state index is 12.4. The molecule has 44 heavy (non-hydrogen) atoms. The zero-order valence-corrected chi connectivity index (χ0v) is 29.0. The number of unbranched alkanes of at least 4 members (excludes halogenated alkanes) is 20. The maximum Gasteiger partial charge on any atom is 0.222 e. The van der Waals surface area contributed by atoms with Gasteiger partial charge in [0.25, 0.3) is 0 Å². The van der Waals surface area contributed by atoms with Gasteiger partial charge in [0, 0.05) is 0 Å². The minimum absolute atomic E-state index is 0.00493. The quantitative estimate of drug-likeness (QED) is 0.0435. The van der Waals surface area contributed by atoms with Gasteiger partial charge in [-0.25, -0.2) is 0 Å². The number of aliphatic hydroxyl groups is 3. The Morgan fingerprint density at radius 2 is 0.977 bits per heavy atom. The number of carbonyl (C=O) groups is 1. The Balaban J connectivity index is 3.81. The molecule has 0 aliphatic heterocycles. The molecule has 5 nitrogen and oxygen atoms in total. The average molecular weight is 620 g/mol. The van der Waals surface area contributed by atoms with Crippen molar-refractivity contribution in [3.8, 4) is 0 Å². The fourth-order valence-electron chi connectivity index (χ4n) is 5.47. The van der Waals surface area contributed by atoms with Crippen molar-refractivity contribution in [2.45, 2.75) is 199 Å². The summed E-state index contributed by atoms with van der Waals surface area (Å²) < 4.78 is 0. The molecular weight excluding hydrogens is 546 g/mol. The Morgan fingerprint density at radius 1 is 0.568 bits per heavy atom. The Morgan fingerprint density at radius 3 is 1.45 bits per heavy atom. The monoisotopic (exact) mass is 620 g/mol. The van der Waals surface area contributed by atoms with Crippen molar-refractivity contribution in [1.29, 1.82) is 0 Å². The van der Waals surface area contributed by atoms with Gasteiger partial charge in [-0.15, -0.1) is 0 Å². The molecule has 0 aromatic rings. The van der Waals surface area contributed by atoms with Gasteiger partial charge in [-0.05, 0) is 57.8 Å². The molecule has 258 valence electrons. The minimum atomic E-state index is -0.953. The van der Waals surface area contributed by atoms with E-state index in [2.05, 4.69) is 43.5 Å². The molecule has 0 heterocycles. The lowest BCUT2D eigenvalue weighted by atomic mass is 10.1. The fourth-order valence-corrected chi connectivity index (χ4v) is 5.47. The van der Waals surface area contributed by atoms with Gasteiger partial charge < -0.3 is 20.6 Å². The van der Waals surface area contributed by atoms with Crippen LogP contribution in [0.25, 0.3) is 0 Å². The van der Waals surface area contributed by atoms with Gasteiger partial charge in [-0.2, -0.15) is 0 Å². The zero-order chi connectivity index (χ0) is 32.4. The minimum Gasteiger partial charge on any atom is -0.394 e. The molecule has 0 aromatic heterocycles. The number of allylic oxidation sites excluding steroid dienone is 5. The number of aliphatic hydroxyl groups excluding tert-OH is 3. The summed E-state index contributed by atoms with van der Waals surface area (Å²) in [4.78, 5) is 12.4. The Labute approximate surface area is 273 Å². The van der Waals surface area contributed by atoms with Crippen molar-refractivity contribution in [3.05, 3.63) is 36.5 Å². The predicted molar refractivity (Wildman–Crippen MR) is 190 cm³/mol. The number of rotatable bonds is 33. The average Bonchev–Trinajstić information content (AvgIpc) is 3.01. The number of hydrogen-bond acceptors (Lipinski definition) is 4. The topological polar surface area (TPSA) is 89.8 Å². The van der Waals surface area contributed by atoms with E-state index in [1.165, 1.54) is 109 Å². The fraction of sp³-hybridized carbons (Fsp3) is 0.821. The van der Waals surface area contributed by atoms with Crippen molar-refractivity contribution in [2.75, 3.05) is 6.61 Å². The molecule has 0 radical (unpaired) electrons. The highest BCUT2D eigenvalue weighted by Gasteiger charge is 2.20. The molecule has 0 bridgehead atoms. The molecule has 0 fully saturated rings. The van der Waals surface area contributed by atoms with Crippen LogP contribution < -0.4 is 5.32 Å². The molecule has 0 aliphatic carbocycles. The molecule has 0 saturated carbocycles. The standard InChI is InChI=1S/C39H73NO4/c1-3-5-7-9-11-13-15-17-19-21-23-25-27-29-31-33-38(43)37(35-41)40-39(44)34-36(42)32-30-28-26-24-22-20-18-16-14-12-10-8-6-4-2/h20,22-23,25,31,33,36-38,41-43H,3-19,21,24,26-30,32,34-35H2,1-2H3,(H,40,44)/b22-20-,25-23+,33-31+. The molecule has 5 heteroatoms. The highest BCUT2D eigenvalue weighted by atomic mass is 16.3. The van der Waals surface area contributed by atoms with Crippen molar-refractivity contribution in [1.82, 2.24) is 5.32 Å². The lowest BCUT2D eigenvalue weighted by Crippen LogP contribution is -2.45. The Kier molecular flexibility index (Phi) is 33.3. The third-order valence-electron chi connectivity index (χ3n) is 8.40. The lowest BCUT2D eigenvalue weighted by Gasteiger charge is -2.20. The summed E-state index contributed by atoms with van der Waals surface area (Å²) >= 11 is 0. The third kappa shape index (κ3) is 30.6. The van der Waals surface area contributed by atoms with E-state index in [1.807, 2.05) is 6.08 Å². The van der Waals surface area contributed by atoms with Gasteiger partial charge in [0.05, 0.1) is 31.3 Å². The van der Waals surface area contributed by atoms with E-state index >= 15 is 0 Å². The lowest BCUT2D eigenvalue weighted by molar-refractivity contribution is -0.124. The Bertz CT molecular complexity index is 690. The van der Waals surface area contributed by atoms with Crippen LogP contribution in [0.2, 0.25) is 0 Å². The molecule has 0 aliphatic rings. The smallest absolute Gasteiger partial charge is 0.222 e. The van der Waals surface area contributed by atoms with Crippen molar-refractivity contribution < 1.29 is 20.1 Å². The first-order valence-corrected chi connectivity index (χ1v) is 18.8. The highest BCUT2D eigenvalue weighted by molar-refractivity contribution is 5.76. The van der Waals surface area contributed by atoms with Gasteiger partial charge in [0.15, 0.2) is 0 Å². The predicted octanol–water partition coefficient (Wildman–Crippen LogP) is 10.0. The van der Waals surface area contributed by atoms with Crippen LogP contribution in [0.5, 0.6) is 0 Å². The largest absolute Gasteiger partial charge is 0.394 e. The number of hydrogen-bond donors (Lipinski definition) is 4. The van der Waals surface area contributed by atoms with E-state index < -0.39 is 18.2 Å². The molecule has 1 amide bonds. The van der Waals surface area contributed by atoms with Crippen molar-refractivity contribution in [3.63, 3.8) is 0 Å². The van der Waals surface area contributed by atoms with Crippen LogP contribution in [0.4, 0.5) is 0 Å². The van der Waals surface area contributed by atoms with E-state index in [0.717, 1.165) is 44.9 Å². The second-order valence-corrected chi connectivity index (χ2v) is 12.8.